The molecule has 5 nitrogen and oxygen atoms in total. The van der Waals surface area contributed by atoms with Gasteiger partial charge in [-0.1, -0.05) is 26.0 Å². The van der Waals surface area contributed by atoms with Gasteiger partial charge in [-0.05, 0) is 30.4 Å². The van der Waals surface area contributed by atoms with E-state index in [2.05, 4.69) is 40.1 Å². The first kappa shape index (κ1) is 15.6. The number of aryl methyl sites for hydroxylation is 1. The average molecular weight is 312 g/mol. The molecule has 1 aromatic carbocycles. The van der Waals surface area contributed by atoms with Gasteiger partial charge in [0.15, 0.2) is 0 Å². The van der Waals surface area contributed by atoms with E-state index in [-0.39, 0.29) is 5.91 Å². The summed E-state index contributed by atoms with van der Waals surface area (Å²) in [5.41, 5.74) is 3.99. The lowest BCUT2D eigenvalue weighted by atomic mass is 9.99. The molecule has 1 amide bonds. The second kappa shape index (κ2) is 6.86. The molecule has 0 fully saturated rings. The van der Waals surface area contributed by atoms with Crippen molar-refractivity contribution in [3.8, 4) is 0 Å². The van der Waals surface area contributed by atoms with Crippen molar-refractivity contribution in [2.45, 2.75) is 39.8 Å². The molecule has 0 spiro atoms. The summed E-state index contributed by atoms with van der Waals surface area (Å²) in [7, 11) is 0. The van der Waals surface area contributed by atoms with Gasteiger partial charge in [0, 0.05) is 19.3 Å². The molecule has 0 saturated carbocycles. The quantitative estimate of drug-likeness (QED) is 0.892. The minimum atomic E-state index is -0.0338. The topological polar surface area (TPSA) is 59.0 Å². The molecule has 2 aromatic rings. The van der Waals surface area contributed by atoms with Gasteiger partial charge in [-0.2, -0.15) is 0 Å². The molecular weight excluding hydrogens is 288 g/mol. The molecule has 1 aromatic heterocycles. The van der Waals surface area contributed by atoms with Crippen molar-refractivity contribution in [3.05, 3.63) is 47.5 Å². The number of hydrogen-bond acceptors (Lipinski definition) is 3. The number of fused-ring (bicyclic) bond motifs is 1. The number of benzene rings is 1. The van der Waals surface area contributed by atoms with E-state index in [1.165, 1.54) is 5.56 Å². The Morgan fingerprint density at radius 1 is 1.43 bits per heavy atom. The maximum absolute atomic E-state index is 12.6. The summed E-state index contributed by atoms with van der Waals surface area (Å²) in [6, 6.07) is 5.94. The van der Waals surface area contributed by atoms with Crippen molar-refractivity contribution in [2.75, 3.05) is 11.9 Å². The molecule has 2 N–H and O–H groups in total. The van der Waals surface area contributed by atoms with Crippen LogP contribution in [0.3, 0.4) is 0 Å². The molecule has 5 heteroatoms. The number of para-hydroxylation sites is 1. The van der Waals surface area contributed by atoms with Gasteiger partial charge in [0.25, 0.3) is 5.91 Å². The fraction of sp³-hybridized carbons (Fsp3) is 0.444. The van der Waals surface area contributed by atoms with Crippen LogP contribution in [0.15, 0.2) is 30.7 Å². The SMILES string of the molecule is CC(C)Cn1cncc1CNC(=O)c1cccc2c1NCCC2. The van der Waals surface area contributed by atoms with E-state index in [4.69, 9.17) is 0 Å². The normalized spacial score (nSPS) is 13.5. The van der Waals surface area contributed by atoms with Gasteiger partial charge >= 0.3 is 0 Å². The number of rotatable bonds is 5. The molecule has 1 aliphatic rings. The lowest BCUT2D eigenvalue weighted by molar-refractivity contribution is 0.0950. The highest BCUT2D eigenvalue weighted by molar-refractivity contribution is 6.00. The van der Waals surface area contributed by atoms with Crippen LogP contribution in [0.25, 0.3) is 0 Å². The molecule has 2 heterocycles. The van der Waals surface area contributed by atoms with Crippen molar-refractivity contribution >= 4 is 11.6 Å². The number of imidazole rings is 1. The highest BCUT2D eigenvalue weighted by atomic mass is 16.1. The number of anilines is 1. The second-order valence-electron chi connectivity index (χ2n) is 6.48. The Kier molecular flexibility index (Phi) is 4.65. The zero-order chi connectivity index (χ0) is 16.2. The Balaban J connectivity index is 1.70. The molecule has 3 rings (SSSR count). The van der Waals surface area contributed by atoms with E-state index in [0.717, 1.165) is 42.9 Å². The second-order valence-corrected chi connectivity index (χ2v) is 6.48. The third-order valence-electron chi connectivity index (χ3n) is 4.11. The molecule has 0 radical (unpaired) electrons. The third-order valence-corrected chi connectivity index (χ3v) is 4.11. The predicted molar refractivity (Wildman–Crippen MR) is 91.5 cm³/mol. The Hall–Kier alpha value is -2.30. The van der Waals surface area contributed by atoms with E-state index < -0.39 is 0 Å². The summed E-state index contributed by atoms with van der Waals surface area (Å²) in [6.07, 6.45) is 5.80. The van der Waals surface area contributed by atoms with Crippen LogP contribution in [0.5, 0.6) is 0 Å². The van der Waals surface area contributed by atoms with Crippen LogP contribution >= 0.6 is 0 Å². The summed E-state index contributed by atoms with van der Waals surface area (Å²) in [4.78, 5) is 16.8. The Morgan fingerprint density at radius 2 is 2.30 bits per heavy atom. The summed E-state index contributed by atoms with van der Waals surface area (Å²) in [6.45, 7) is 6.68. The van der Waals surface area contributed by atoms with Crippen molar-refractivity contribution < 1.29 is 4.79 Å². The number of aromatic nitrogens is 2. The summed E-state index contributed by atoms with van der Waals surface area (Å²) < 4.78 is 2.10. The maximum atomic E-state index is 12.6. The van der Waals surface area contributed by atoms with Crippen LogP contribution in [0, 0.1) is 5.92 Å². The van der Waals surface area contributed by atoms with Gasteiger partial charge in [-0.15, -0.1) is 0 Å². The van der Waals surface area contributed by atoms with E-state index in [1.807, 2.05) is 24.7 Å². The van der Waals surface area contributed by atoms with Gasteiger partial charge in [0.2, 0.25) is 0 Å². The lowest BCUT2D eigenvalue weighted by Crippen LogP contribution is -2.26. The minimum Gasteiger partial charge on any atom is -0.384 e. The Morgan fingerprint density at radius 3 is 3.13 bits per heavy atom. The lowest BCUT2D eigenvalue weighted by Gasteiger charge is -2.21. The summed E-state index contributed by atoms with van der Waals surface area (Å²) in [5, 5.41) is 6.39. The molecule has 0 bridgehead atoms. The number of nitrogens with one attached hydrogen (secondary N) is 2. The number of carbonyl (C=O) groups excluding carboxylic acids is 1. The maximum Gasteiger partial charge on any atom is 0.253 e. The molecule has 0 unspecified atom stereocenters. The smallest absolute Gasteiger partial charge is 0.253 e. The zero-order valence-electron chi connectivity index (χ0n) is 13.8. The molecule has 23 heavy (non-hydrogen) atoms. The molecule has 1 aliphatic heterocycles. The van der Waals surface area contributed by atoms with E-state index in [1.54, 1.807) is 0 Å². The van der Waals surface area contributed by atoms with Crippen LogP contribution in [0.4, 0.5) is 5.69 Å². The summed E-state index contributed by atoms with van der Waals surface area (Å²) >= 11 is 0. The van der Waals surface area contributed by atoms with Crippen LogP contribution in [-0.4, -0.2) is 22.0 Å². The zero-order valence-corrected chi connectivity index (χ0v) is 13.8. The van der Waals surface area contributed by atoms with Crippen molar-refractivity contribution in [1.82, 2.24) is 14.9 Å². The highest BCUT2D eigenvalue weighted by Gasteiger charge is 2.17. The van der Waals surface area contributed by atoms with Crippen molar-refractivity contribution in [3.63, 3.8) is 0 Å². The molecular formula is C18H24N4O. The molecule has 0 saturated heterocycles. The van der Waals surface area contributed by atoms with E-state index in [0.29, 0.717) is 12.5 Å². The fourth-order valence-corrected chi connectivity index (χ4v) is 3.02. The number of carbonyl (C=O) groups is 1. The third kappa shape index (κ3) is 3.55. The standard InChI is InChI=1S/C18H24N4O/c1-13(2)11-22-12-19-9-15(22)10-21-18(23)16-7-3-5-14-6-4-8-20-17(14)16/h3,5,7,9,12-13,20H,4,6,8,10-11H2,1-2H3,(H,21,23). The number of amides is 1. The highest BCUT2D eigenvalue weighted by Crippen LogP contribution is 2.25. The minimum absolute atomic E-state index is 0.0338. The predicted octanol–water partition coefficient (Wildman–Crippen LogP) is 2.83. The van der Waals surface area contributed by atoms with Crippen molar-refractivity contribution in [2.24, 2.45) is 5.92 Å². The first-order chi connectivity index (χ1) is 11.1. The van der Waals surface area contributed by atoms with Crippen LogP contribution in [0.1, 0.15) is 41.9 Å². The molecule has 0 atom stereocenters. The number of nitrogens with zero attached hydrogens (tertiary/aromatic N) is 2. The van der Waals surface area contributed by atoms with E-state index in [9.17, 15) is 4.79 Å². The van der Waals surface area contributed by atoms with Gasteiger partial charge in [-0.3, -0.25) is 4.79 Å². The van der Waals surface area contributed by atoms with Gasteiger partial charge < -0.3 is 15.2 Å². The van der Waals surface area contributed by atoms with E-state index >= 15 is 0 Å². The van der Waals surface area contributed by atoms with Crippen LogP contribution < -0.4 is 10.6 Å². The largest absolute Gasteiger partial charge is 0.384 e. The first-order valence-electron chi connectivity index (χ1n) is 8.28. The van der Waals surface area contributed by atoms with Gasteiger partial charge in [-0.25, -0.2) is 4.98 Å². The fourth-order valence-electron chi connectivity index (χ4n) is 3.02. The van der Waals surface area contributed by atoms with Crippen LogP contribution in [-0.2, 0) is 19.5 Å². The monoisotopic (exact) mass is 312 g/mol. The Bertz CT molecular complexity index is 690. The summed E-state index contributed by atoms with van der Waals surface area (Å²) in [5.74, 6) is 0.512. The van der Waals surface area contributed by atoms with Gasteiger partial charge in [0.05, 0.1) is 29.8 Å². The van der Waals surface area contributed by atoms with Crippen molar-refractivity contribution in [1.29, 1.82) is 0 Å². The van der Waals surface area contributed by atoms with Gasteiger partial charge in [0.1, 0.15) is 0 Å². The average Bonchev–Trinajstić information content (AvgIpc) is 2.98. The molecule has 0 aliphatic carbocycles. The van der Waals surface area contributed by atoms with Crippen LogP contribution in [0.2, 0.25) is 0 Å². The first-order valence-corrected chi connectivity index (χ1v) is 8.28. The number of hydrogen-bond donors (Lipinski definition) is 2. The Labute approximate surface area is 137 Å². The molecule has 122 valence electrons.